The lowest BCUT2D eigenvalue weighted by molar-refractivity contribution is -0.385. The molecule has 1 rings (SSSR count). The number of nitro groups is 1. The molecule has 0 bridgehead atoms. The minimum atomic E-state index is -0.722. The Labute approximate surface area is 103 Å². The highest BCUT2D eigenvalue weighted by Gasteiger charge is 2.20. The van der Waals surface area contributed by atoms with E-state index in [1.807, 2.05) is 0 Å². The first-order valence-electron chi connectivity index (χ1n) is 5.39. The lowest BCUT2D eigenvalue weighted by Gasteiger charge is -2.07. The topological polar surface area (TPSA) is 98.3 Å². The molecule has 98 valence electrons. The van der Waals surface area contributed by atoms with Crippen molar-refractivity contribution in [1.29, 1.82) is 0 Å². The van der Waals surface area contributed by atoms with Crippen LogP contribution in [0, 0.1) is 15.9 Å². The average Bonchev–Trinajstić information content (AvgIpc) is 2.27. The van der Waals surface area contributed by atoms with Crippen LogP contribution >= 0.6 is 0 Å². The van der Waals surface area contributed by atoms with E-state index < -0.39 is 22.3 Å². The number of rotatable bonds is 5. The van der Waals surface area contributed by atoms with E-state index in [2.05, 4.69) is 5.32 Å². The summed E-state index contributed by atoms with van der Waals surface area (Å²) in [6.45, 7) is 2.06. The van der Waals surface area contributed by atoms with Gasteiger partial charge in [-0.1, -0.05) is 0 Å². The van der Waals surface area contributed by atoms with Crippen LogP contribution in [0.1, 0.15) is 23.7 Å². The molecule has 0 aliphatic carbocycles. The number of nitrogens with zero attached hydrogens (tertiary/aromatic N) is 1. The summed E-state index contributed by atoms with van der Waals surface area (Å²) in [5, 5.41) is 13.2. The van der Waals surface area contributed by atoms with Gasteiger partial charge in [0.05, 0.1) is 4.92 Å². The Bertz CT molecular complexity index is 463. The van der Waals surface area contributed by atoms with Gasteiger partial charge in [-0.05, 0) is 25.5 Å². The van der Waals surface area contributed by atoms with Crippen molar-refractivity contribution in [1.82, 2.24) is 5.32 Å². The molecule has 6 nitrogen and oxygen atoms in total. The van der Waals surface area contributed by atoms with Crippen molar-refractivity contribution in [3.63, 3.8) is 0 Å². The van der Waals surface area contributed by atoms with E-state index in [0.29, 0.717) is 6.42 Å². The number of hydrogen-bond acceptors (Lipinski definition) is 4. The first-order valence-corrected chi connectivity index (χ1v) is 5.39. The fraction of sp³-hybridized carbons (Fsp3) is 0.364. The minimum Gasteiger partial charge on any atom is -0.352 e. The third-order valence-corrected chi connectivity index (χ3v) is 2.29. The number of hydrogen-bond donors (Lipinski definition) is 2. The fourth-order valence-corrected chi connectivity index (χ4v) is 1.36. The van der Waals surface area contributed by atoms with E-state index in [-0.39, 0.29) is 18.2 Å². The number of carbonyl (C=O) groups excluding carboxylic acids is 1. The number of nitrogens with one attached hydrogen (secondary N) is 1. The number of carbonyl (C=O) groups is 1. The summed E-state index contributed by atoms with van der Waals surface area (Å²) >= 11 is 0. The van der Waals surface area contributed by atoms with Crippen LogP contribution in [0.3, 0.4) is 0 Å². The predicted molar refractivity (Wildman–Crippen MR) is 63.7 cm³/mol. The van der Waals surface area contributed by atoms with E-state index in [4.69, 9.17) is 5.73 Å². The fourth-order valence-electron chi connectivity index (χ4n) is 1.36. The van der Waals surface area contributed by atoms with Gasteiger partial charge in [-0.3, -0.25) is 14.9 Å². The molecule has 0 aliphatic heterocycles. The van der Waals surface area contributed by atoms with Crippen molar-refractivity contribution in [3.05, 3.63) is 39.7 Å². The normalized spacial score (nSPS) is 11.9. The highest BCUT2D eigenvalue weighted by molar-refractivity contribution is 5.98. The van der Waals surface area contributed by atoms with Crippen LogP contribution in [0.2, 0.25) is 0 Å². The third-order valence-electron chi connectivity index (χ3n) is 2.29. The highest BCUT2D eigenvalue weighted by atomic mass is 19.1. The summed E-state index contributed by atoms with van der Waals surface area (Å²) in [4.78, 5) is 21.7. The second kappa shape index (κ2) is 6.06. The lowest BCUT2D eigenvalue weighted by Crippen LogP contribution is -2.29. The van der Waals surface area contributed by atoms with E-state index in [0.717, 1.165) is 18.2 Å². The van der Waals surface area contributed by atoms with Crippen LogP contribution in [-0.4, -0.2) is 23.4 Å². The molecule has 0 spiro atoms. The molecular weight excluding hydrogens is 241 g/mol. The summed E-state index contributed by atoms with van der Waals surface area (Å²) in [5.74, 6) is -1.38. The molecule has 7 heteroatoms. The zero-order valence-electron chi connectivity index (χ0n) is 9.85. The largest absolute Gasteiger partial charge is 0.352 e. The summed E-state index contributed by atoms with van der Waals surface area (Å²) in [6, 6.07) is 2.67. The van der Waals surface area contributed by atoms with E-state index in [1.165, 1.54) is 0 Å². The Kier molecular flexibility index (Phi) is 4.73. The molecule has 0 saturated heterocycles. The predicted octanol–water partition coefficient (Wildman–Crippen LogP) is 1.20. The molecule has 18 heavy (non-hydrogen) atoms. The van der Waals surface area contributed by atoms with E-state index in [9.17, 15) is 19.3 Å². The van der Waals surface area contributed by atoms with Gasteiger partial charge in [-0.2, -0.15) is 0 Å². The summed E-state index contributed by atoms with van der Waals surface area (Å²) in [7, 11) is 0. The first-order chi connectivity index (χ1) is 8.41. The number of nitrogens with two attached hydrogens (primary N) is 1. The highest BCUT2D eigenvalue weighted by Crippen LogP contribution is 2.19. The minimum absolute atomic E-state index is 0.0900. The van der Waals surface area contributed by atoms with Gasteiger partial charge in [0, 0.05) is 18.7 Å². The standard InChI is InChI=1S/C11H14FN3O3/c1-7(13)4-5-14-11(16)9-6-8(12)2-3-10(9)15(17)18/h2-3,6-7H,4-5,13H2,1H3,(H,14,16). The van der Waals surface area contributed by atoms with Crippen LogP contribution < -0.4 is 11.1 Å². The molecule has 0 fully saturated rings. The van der Waals surface area contributed by atoms with Crippen molar-refractivity contribution in [2.24, 2.45) is 5.73 Å². The maximum atomic E-state index is 13.0. The molecule has 1 unspecified atom stereocenters. The maximum Gasteiger partial charge on any atom is 0.282 e. The molecule has 1 atom stereocenters. The molecule has 0 radical (unpaired) electrons. The Morgan fingerprint density at radius 3 is 2.83 bits per heavy atom. The van der Waals surface area contributed by atoms with Crippen molar-refractivity contribution < 1.29 is 14.1 Å². The summed E-state index contributed by atoms with van der Waals surface area (Å²) < 4.78 is 13.0. The summed E-state index contributed by atoms with van der Waals surface area (Å²) in [6.07, 6.45) is 0.537. The van der Waals surface area contributed by atoms with Crippen LogP contribution in [-0.2, 0) is 0 Å². The van der Waals surface area contributed by atoms with Crippen molar-refractivity contribution in [2.45, 2.75) is 19.4 Å². The molecular formula is C11H14FN3O3. The van der Waals surface area contributed by atoms with Crippen LogP contribution in [0.5, 0.6) is 0 Å². The maximum absolute atomic E-state index is 13.0. The molecule has 3 N–H and O–H groups in total. The number of halogens is 1. The van der Waals surface area contributed by atoms with Gasteiger partial charge >= 0.3 is 0 Å². The second-order valence-electron chi connectivity index (χ2n) is 3.94. The zero-order valence-corrected chi connectivity index (χ0v) is 9.85. The smallest absolute Gasteiger partial charge is 0.282 e. The Balaban J connectivity index is 2.84. The quantitative estimate of drug-likeness (QED) is 0.610. The second-order valence-corrected chi connectivity index (χ2v) is 3.94. The third kappa shape index (κ3) is 3.77. The number of nitro benzene ring substituents is 1. The van der Waals surface area contributed by atoms with Gasteiger partial charge in [0.2, 0.25) is 0 Å². The molecule has 0 aromatic heterocycles. The SMILES string of the molecule is CC(N)CCNC(=O)c1cc(F)ccc1[N+](=O)[O-]. The van der Waals surface area contributed by atoms with Crippen LogP contribution in [0.4, 0.5) is 10.1 Å². The molecule has 1 aromatic carbocycles. The molecule has 1 aromatic rings. The Morgan fingerprint density at radius 2 is 2.28 bits per heavy atom. The number of amides is 1. The Hall–Kier alpha value is -2.02. The monoisotopic (exact) mass is 255 g/mol. The molecule has 0 heterocycles. The van der Waals surface area contributed by atoms with E-state index >= 15 is 0 Å². The first kappa shape index (κ1) is 14.0. The molecule has 1 amide bonds. The van der Waals surface area contributed by atoms with Crippen molar-refractivity contribution in [3.8, 4) is 0 Å². The number of benzene rings is 1. The van der Waals surface area contributed by atoms with Crippen molar-refractivity contribution in [2.75, 3.05) is 6.54 Å². The van der Waals surface area contributed by atoms with Crippen LogP contribution in [0.15, 0.2) is 18.2 Å². The Morgan fingerprint density at radius 1 is 1.61 bits per heavy atom. The molecule has 0 aliphatic rings. The van der Waals surface area contributed by atoms with Crippen molar-refractivity contribution >= 4 is 11.6 Å². The van der Waals surface area contributed by atoms with Gasteiger partial charge in [-0.25, -0.2) is 4.39 Å². The molecule has 0 saturated carbocycles. The van der Waals surface area contributed by atoms with Gasteiger partial charge in [-0.15, -0.1) is 0 Å². The average molecular weight is 255 g/mol. The summed E-state index contributed by atoms with van der Waals surface area (Å²) in [5.41, 5.74) is 4.79. The van der Waals surface area contributed by atoms with Crippen LogP contribution in [0.25, 0.3) is 0 Å². The van der Waals surface area contributed by atoms with Gasteiger partial charge in [0.1, 0.15) is 11.4 Å². The van der Waals surface area contributed by atoms with Gasteiger partial charge < -0.3 is 11.1 Å². The van der Waals surface area contributed by atoms with E-state index in [1.54, 1.807) is 6.92 Å². The lowest BCUT2D eigenvalue weighted by atomic mass is 10.1. The van der Waals surface area contributed by atoms with Gasteiger partial charge in [0.15, 0.2) is 0 Å². The zero-order chi connectivity index (χ0) is 13.7. The van der Waals surface area contributed by atoms with Gasteiger partial charge in [0.25, 0.3) is 11.6 Å².